The van der Waals surface area contributed by atoms with Gasteiger partial charge in [0.25, 0.3) is 0 Å². The number of anilines is 1. The van der Waals surface area contributed by atoms with E-state index in [4.69, 9.17) is 9.97 Å². The lowest BCUT2D eigenvalue weighted by atomic mass is 10.0. The SMILES string of the molecule is CC[C@H](O)C(=O)NC1CCN(c2nc(-c3ccccc3)nc3ccccc23)CC1. The van der Waals surface area contributed by atoms with Crippen molar-refractivity contribution < 1.29 is 9.90 Å². The van der Waals surface area contributed by atoms with E-state index in [1.807, 2.05) is 48.5 Å². The molecule has 1 fully saturated rings. The van der Waals surface area contributed by atoms with E-state index in [9.17, 15) is 9.90 Å². The standard InChI is InChI=1S/C23H26N4O2/c1-2-20(28)23(29)24-17-12-14-27(15-13-17)22-18-10-6-7-11-19(18)25-21(26-22)16-8-4-3-5-9-16/h3-11,17,20,28H,2,12-15H2,1H3,(H,24,29)/t20-/m0/s1. The van der Waals surface area contributed by atoms with Crippen LogP contribution in [0.2, 0.25) is 0 Å². The number of fused-ring (bicyclic) bond motifs is 1. The average Bonchev–Trinajstić information content (AvgIpc) is 2.79. The summed E-state index contributed by atoms with van der Waals surface area (Å²) in [6.45, 7) is 3.39. The predicted molar refractivity (Wildman–Crippen MR) is 115 cm³/mol. The predicted octanol–water partition coefficient (Wildman–Crippen LogP) is 3.15. The first kappa shape index (κ1) is 19.3. The van der Waals surface area contributed by atoms with Gasteiger partial charge >= 0.3 is 0 Å². The minimum atomic E-state index is -0.924. The van der Waals surface area contributed by atoms with Crippen LogP contribution in [-0.2, 0) is 4.79 Å². The fourth-order valence-electron chi connectivity index (χ4n) is 3.74. The fourth-order valence-corrected chi connectivity index (χ4v) is 3.74. The number of carbonyl (C=O) groups is 1. The van der Waals surface area contributed by atoms with Gasteiger partial charge in [0.05, 0.1) is 5.52 Å². The zero-order chi connectivity index (χ0) is 20.2. The third-order valence-corrected chi connectivity index (χ3v) is 5.45. The molecule has 4 rings (SSSR count). The summed E-state index contributed by atoms with van der Waals surface area (Å²) in [5, 5.41) is 13.7. The molecular weight excluding hydrogens is 364 g/mol. The Hall–Kier alpha value is -2.99. The highest BCUT2D eigenvalue weighted by Crippen LogP contribution is 2.29. The molecule has 0 bridgehead atoms. The molecule has 6 heteroatoms. The third kappa shape index (κ3) is 4.22. The zero-order valence-corrected chi connectivity index (χ0v) is 16.6. The largest absolute Gasteiger partial charge is 0.383 e. The van der Waals surface area contributed by atoms with E-state index in [0.29, 0.717) is 6.42 Å². The highest BCUT2D eigenvalue weighted by Gasteiger charge is 2.25. The first-order valence-electron chi connectivity index (χ1n) is 10.2. The van der Waals surface area contributed by atoms with Gasteiger partial charge in [-0.3, -0.25) is 4.79 Å². The molecule has 1 saturated heterocycles. The molecule has 0 saturated carbocycles. The second-order valence-corrected chi connectivity index (χ2v) is 7.45. The van der Waals surface area contributed by atoms with Crippen molar-refractivity contribution in [3.63, 3.8) is 0 Å². The van der Waals surface area contributed by atoms with Crippen LogP contribution in [0.5, 0.6) is 0 Å². The summed E-state index contributed by atoms with van der Waals surface area (Å²) < 4.78 is 0. The van der Waals surface area contributed by atoms with E-state index in [1.165, 1.54) is 0 Å². The van der Waals surface area contributed by atoms with Crippen LogP contribution in [0.15, 0.2) is 54.6 Å². The van der Waals surface area contributed by atoms with Gasteiger partial charge in [-0.25, -0.2) is 9.97 Å². The van der Waals surface area contributed by atoms with Gasteiger partial charge in [-0.1, -0.05) is 49.4 Å². The molecule has 1 aliphatic heterocycles. The van der Waals surface area contributed by atoms with E-state index < -0.39 is 6.10 Å². The lowest BCUT2D eigenvalue weighted by Gasteiger charge is -2.34. The van der Waals surface area contributed by atoms with Crippen molar-refractivity contribution in [3.8, 4) is 11.4 Å². The van der Waals surface area contributed by atoms with E-state index in [-0.39, 0.29) is 11.9 Å². The molecule has 0 radical (unpaired) electrons. The van der Waals surface area contributed by atoms with Crippen molar-refractivity contribution in [2.24, 2.45) is 0 Å². The summed E-state index contributed by atoms with van der Waals surface area (Å²) in [5.74, 6) is 1.39. The molecule has 1 atom stereocenters. The number of nitrogens with one attached hydrogen (secondary N) is 1. The molecule has 0 unspecified atom stereocenters. The smallest absolute Gasteiger partial charge is 0.249 e. The number of aliphatic hydroxyl groups is 1. The number of amides is 1. The maximum absolute atomic E-state index is 12.0. The molecule has 29 heavy (non-hydrogen) atoms. The van der Waals surface area contributed by atoms with Gasteiger partial charge in [0.15, 0.2) is 5.82 Å². The Bertz CT molecular complexity index is 985. The normalized spacial score (nSPS) is 16.0. The number of para-hydroxylation sites is 1. The number of piperidine rings is 1. The van der Waals surface area contributed by atoms with Crippen LogP contribution in [-0.4, -0.2) is 46.2 Å². The second-order valence-electron chi connectivity index (χ2n) is 7.45. The van der Waals surface area contributed by atoms with Crippen LogP contribution in [0.25, 0.3) is 22.3 Å². The minimum Gasteiger partial charge on any atom is -0.383 e. The van der Waals surface area contributed by atoms with Crippen molar-refractivity contribution >= 4 is 22.6 Å². The Labute approximate surface area is 170 Å². The van der Waals surface area contributed by atoms with Crippen molar-refractivity contribution in [2.45, 2.75) is 38.3 Å². The van der Waals surface area contributed by atoms with Crippen LogP contribution >= 0.6 is 0 Å². The number of aliphatic hydroxyl groups excluding tert-OH is 1. The summed E-state index contributed by atoms with van der Waals surface area (Å²) in [7, 11) is 0. The van der Waals surface area contributed by atoms with Crippen LogP contribution < -0.4 is 10.2 Å². The van der Waals surface area contributed by atoms with Gasteiger partial charge in [0.2, 0.25) is 5.91 Å². The summed E-state index contributed by atoms with van der Waals surface area (Å²) in [4.78, 5) is 23.9. The molecule has 2 N–H and O–H groups in total. The highest BCUT2D eigenvalue weighted by atomic mass is 16.3. The fraction of sp³-hybridized carbons (Fsp3) is 0.348. The lowest BCUT2D eigenvalue weighted by molar-refractivity contribution is -0.130. The van der Waals surface area contributed by atoms with Crippen molar-refractivity contribution in [1.29, 1.82) is 0 Å². The Morgan fingerprint density at radius 3 is 2.52 bits per heavy atom. The number of rotatable bonds is 5. The Kier molecular flexibility index (Phi) is 5.71. The number of nitrogens with zero attached hydrogens (tertiary/aromatic N) is 3. The monoisotopic (exact) mass is 390 g/mol. The van der Waals surface area contributed by atoms with Gasteiger partial charge in [0, 0.05) is 30.1 Å². The molecule has 1 aromatic heterocycles. The summed E-state index contributed by atoms with van der Waals surface area (Å²) >= 11 is 0. The van der Waals surface area contributed by atoms with Crippen molar-refractivity contribution in [3.05, 3.63) is 54.6 Å². The summed E-state index contributed by atoms with van der Waals surface area (Å²) in [6.07, 6.45) is 1.15. The Balaban J connectivity index is 1.57. The molecular formula is C23H26N4O2. The lowest BCUT2D eigenvalue weighted by Crippen LogP contribution is -2.47. The first-order valence-corrected chi connectivity index (χ1v) is 10.2. The first-order chi connectivity index (χ1) is 14.2. The topological polar surface area (TPSA) is 78.4 Å². The zero-order valence-electron chi connectivity index (χ0n) is 16.6. The van der Waals surface area contributed by atoms with Crippen molar-refractivity contribution in [1.82, 2.24) is 15.3 Å². The van der Waals surface area contributed by atoms with Crippen LogP contribution in [0.1, 0.15) is 26.2 Å². The van der Waals surface area contributed by atoms with Gasteiger partial charge in [-0.2, -0.15) is 0 Å². The van der Waals surface area contributed by atoms with Crippen LogP contribution in [0.3, 0.4) is 0 Å². The van der Waals surface area contributed by atoms with Gasteiger partial charge < -0.3 is 15.3 Å². The quantitative estimate of drug-likeness (QED) is 0.700. The molecule has 2 heterocycles. The Morgan fingerprint density at radius 1 is 1.10 bits per heavy atom. The number of benzene rings is 2. The maximum atomic E-state index is 12.0. The number of carbonyl (C=O) groups excluding carboxylic acids is 1. The van der Waals surface area contributed by atoms with Crippen molar-refractivity contribution in [2.75, 3.05) is 18.0 Å². The Morgan fingerprint density at radius 2 is 1.79 bits per heavy atom. The highest BCUT2D eigenvalue weighted by molar-refractivity contribution is 5.91. The van der Waals surface area contributed by atoms with Gasteiger partial charge in [-0.05, 0) is 31.4 Å². The number of hydrogen-bond donors (Lipinski definition) is 2. The van der Waals surface area contributed by atoms with E-state index >= 15 is 0 Å². The molecule has 0 aliphatic carbocycles. The molecule has 6 nitrogen and oxygen atoms in total. The van der Waals surface area contributed by atoms with Gasteiger partial charge in [0.1, 0.15) is 11.9 Å². The molecule has 0 spiro atoms. The van der Waals surface area contributed by atoms with E-state index in [1.54, 1.807) is 6.92 Å². The summed E-state index contributed by atoms with van der Waals surface area (Å²) in [5.41, 5.74) is 1.92. The molecule has 2 aromatic carbocycles. The van der Waals surface area contributed by atoms with Crippen LogP contribution in [0, 0.1) is 0 Å². The van der Waals surface area contributed by atoms with E-state index in [0.717, 1.165) is 54.0 Å². The molecule has 1 aliphatic rings. The molecule has 150 valence electrons. The average molecular weight is 390 g/mol. The minimum absolute atomic E-state index is 0.0849. The molecule has 1 amide bonds. The van der Waals surface area contributed by atoms with Crippen LogP contribution in [0.4, 0.5) is 5.82 Å². The van der Waals surface area contributed by atoms with E-state index in [2.05, 4.69) is 16.3 Å². The second kappa shape index (κ2) is 8.57. The maximum Gasteiger partial charge on any atom is 0.249 e. The summed E-state index contributed by atoms with van der Waals surface area (Å²) in [6, 6.07) is 18.2. The number of aromatic nitrogens is 2. The van der Waals surface area contributed by atoms with Gasteiger partial charge in [-0.15, -0.1) is 0 Å². The number of hydrogen-bond acceptors (Lipinski definition) is 5. The molecule has 3 aromatic rings. The third-order valence-electron chi connectivity index (χ3n) is 5.45.